The van der Waals surface area contributed by atoms with Crippen LogP contribution in [0.3, 0.4) is 0 Å². The summed E-state index contributed by atoms with van der Waals surface area (Å²) in [4.78, 5) is 4.53. The minimum absolute atomic E-state index is 0.0982. The summed E-state index contributed by atoms with van der Waals surface area (Å²) in [5.74, 6) is 5.53. The number of hydrogen-bond acceptors (Lipinski definition) is 4. The van der Waals surface area contributed by atoms with E-state index >= 15 is 0 Å². The summed E-state index contributed by atoms with van der Waals surface area (Å²) in [5, 5.41) is 9.76. The van der Waals surface area contributed by atoms with Gasteiger partial charge in [-0.1, -0.05) is 0 Å². The van der Waals surface area contributed by atoms with Crippen molar-refractivity contribution in [2.24, 2.45) is 5.90 Å². The molecule has 4 nitrogen and oxygen atoms in total. The van der Waals surface area contributed by atoms with Crippen LogP contribution in [0.25, 0.3) is 0 Å². The molecule has 0 bridgehead atoms. The van der Waals surface area contributed by atoms with E-state index in [1.807, 2.05) is 13.8 Å². The Kier molecular flexibility index (Phi) is 3.33. The fourth-order valence-corrected chi connectivity index (χ4v) is 1.35. The predicted molar refractivity (Wildman–Crippen MR) is 53.1 cm³/mol. The maximum Gasteiger partial charge on any atom is 0.163 e. The van der Waals surface area contributed by atoms with Gasteiger partial charge < -0.3 is 9.84 Å². The zero-order chi connectivity index (χ0) is 10.7. The molecule has 1 aromatic rings. The van der Waals surface area contributed by atoms with Gasteiger partial charge in [0.2, 0.25) is 0 Å². The average Bonchev–Trinajstić information content (AvgIpc) is 2.18. The van der Waals surface area contributed by atoms with Crippen LogP contribution in [0.2, 0.25) is 0 Å². The van der Waals surface area contributed by atoms with Crippen molar-refractivity contribution in [1.82, 2.24) is 0 Å². The molecule has 0 unspecified atom stereocenters. The molecule has 1 aromatic carbocycles. The summed E-state index contributed by atoms with van der Waals surface area (Å²) in [6.07, 6.45) is 0. The van der Waals surface area contributed by atoms with Crippen molar-refractivity contribution in [3.8, 4) is 11.5 Å². The van der Waals surface area contributed by atoms with Crippen molar-refractivity contribution >= 4 is 0 Å². The van der Waals surface area contributed by atoms with Crippen LogP contribution < -0.4 is 10.6 Å². The first-order valence-corrected chi connectivity index (χ1v) is 4.29. The first kappa shape index (κ1) is 10.8. The van der Waals surface area contributed by atoms with Gasteiger partial charge in [-0.05, 0) is 31.0 Å². The minimum atomic E-state index is 0.0982. The van der Waals surface area contributed by atoms with Gasteiger partial charge in [0.25, 0.3) is 0 Å². The van der Waals surface area contributed by atoms with Crippen LogP contribution in [0.1, 0.15) is 16.7 Å². The standard InChI is InChI=1S/C10H15NO3/c1-6-4-9(13-3)10(12)8(5-14-11)7(6)2/h4,12H,5,11H2,1-3H3. The second-order valence-corrected chi connectivity index (χ2v) is 3.16. The third-order valence-corrected chi connectivity index (χ3v) is 2.36. The van der Waals surface area contributed by atoms with Crippen LogP contribution in [0.15, 0.2) is 6.07 Å². The number of nitrogens with two attached hydrogens (primary N) is 1. The summed E-state index contributed by atoms with van der Waals surface area (Å²) in [7, 11) is 1.51. The summed E-state index contributed by atoms with van der Waals surface area (Å²) in [5.41, 5.74) is 2.67. The van der Waals surface area contributed by atoms with E-state index < -0.39 is 0 Å². The quantitative estimate of drug-likeness (QED) is 0.719. The molecular formula is C10H15NO3. The van der Waals surface area contributed by atoms with Crippen LogP contribution >= 0.6 is 0 Å². The minimum Gasteiger partial charge on any atom is -0.504 e. The number of aromatic hydroxyl groups is 1. The number of phenolic OH excluding ortho intramolecular Hbond substituents is 1. The van der Waals surface area contributed by atoms with Crippen LogP contribution in [-0.4, -0.2) is 12.2 Å². The van der Waals surface area contributed by atoms with Gasteiger partial charge in [0.05, 0.1) is 13.7 Å². The van der Waals surface area contributed by atoms with E-state index in [9.17, 15) is 5.11 Å². The Morgan fingerprint density at radius 2 is 2.07 bits per heavy atom. The molecule has 0 aliphatic carbocycles. The van der Waals surface area contributed by atoms with Gasteiger partial charge in [-0.15, -0.1) is 0 Å². The third-order valence-electron chi connectivity index (χ3n) is 2.36. The molecule has 0 saturated carbocycles. The molecule has 0 spiro atoms. The fraction of sp³-hybridized carbons (Fsp3) is 0.400. The smallest absolute Gasteiger partial charge is 0.163 e. The Morgan fingerprint density at radius 1 is 1.43 bits per heavy atom. The molecule has 0 heterocycles. The summed E-state index contributed by atoms with van der Waals surface area (Å²) < 4.78 is 5.02. The van der Waals surface area contributed by atoms with Gasteiger partial charge in [0.15, 0.2) is 11.5 Å². The van der Waals surface area contributed by atoms with Crippen molar-refractivity contribution in [3.63, 3.8) is 0 Å². The molecule has 0 saturated heterocycles. The molecule has 0 atom stereocenters. The van der Waals surface area contributed by atoms with Gasteiger partial charge in [-0.3, -0.25) is 4.84 Å². The number of hydrogen-bond donors (Lipinski definition) is 2. The van der Waals surface area contributed by atoms with Crippen molar-refractivity contribution in [1.29, 1.82) is 0 Å². The first-order chi connectivity index (χ1) is 6.61. The van der Waals surface area contributed by atoms with E-state index in [1.54, 1.807) is 6.07 Å². The van der Waals surface area contributed by atoms with Crippen molar-refractivity contribution in [2.45, 2.75) is 20.5 Å². The van der Waals surface area contributed by atoms with Gasteiger partial charge in [0, 0.05) is 5.56 Å². The second kappa shape index (κ2) is 4.30. The summed E-state index contributed by atoms with van der Waals surface area (Å²) in [6.45, 7) is 4.02. The van der Waals surface area contributed by atoms with Crippen LogP contribution in [0, 0.1) is 13.8 Å². The van der Waals surface area contributed by atoms with Gasteiger partial charge in [-0.2, -0.15) is 0 Å². The van der Waals surface area contributed by atoms with E-state index in [2.05, 4.69) is 4.84 Å². The molecule has 0 fully saturated rings. The molecule has 1 rings (SSSR count). The number of phenols is 1. The zero-order valence-electron chi connectivity index (χ0n) is 8.63. The number of benzene rings is 1. The number of methoxy groups -OCH3 is 1. The Labute approximate surface area is 83.2 Å². The molecule has 4 heteroatoms. The van der Waals surface area contributed by atoms with Crippen molar-refractivity contribution in [2.75, 3.05) is 7.11 Å². The maximum atomic E-state index is 9.76. The van der Waals surface area contributed by atoms with Crippen LogP contribution in [0.5, 0.6) is 11.5 Å². The van der Waals surface area contributed by atoms with E-state index in [4.69, 9.17) is 10.6 Å². The van der Waals surface area contributed by atoms with Gasteiger partial charge in [-0.25, -0.2) is 5.90 Å². The summed E-state index contributed by atoms with van der Waals surface area (Å²) in [6, 6.07) is 1.78. The lowest BCUT2D eigenvalue weighted by Gasteiger charge is -2.13. The Morgan fingerprint density at radius 3 is 2.57 bits per heavy atom. The normalized spacial score (nSPS) is 10.3. The van der Waals surface area contributed by atoms with Crippen molar-refractivity contribution < 1.29 is 14.7 Å². The van der Waals surface area contributed by atoms with E-state index in [0.29, 0.717) is 11.3 Å². The highest BCUT2D eigenvalue weighted by atomic mass is 16.6. The Bertz CT molecular complexity index is 337. The topological polar surface area (TPSA) is 64.7 Å². The molecule has 3 N–H and O–H groups in total. The molecule has 0 aliphatic heterocycles. The molecule has 78 valence electrons. The lowest BCUT2D eigenvalue weighted by molar-refractivity contribution is 0.121. The molecule has 0 amide bonds. The van der Waals surface area contributed by atoms with Crippen LogP contribution in [-0.2, 0) is 11.4 Å². The molecule has 0 aliphatic rings. The fourth-order valence-electron chi connectivity index (χ4n) is 1.35. The average molecular weight is 197 g/mol. The third kappa shape index (κ3) is 1.81. The number of rotatable bonds is 3. The van der Waals surface area contributed by atoms with E-state index in [0.717, 1.165) is 11.1 Å². The SMILES string of the molecule is COc1cc(C)c(C)c(CON)c1O. The highest BCUT2D eigenvalue weighted by molar-refractivity contribution is 5.52. The highest BCUT2D eigenvalue weighted by Gasteiger charge is 2.13. The van der Waals surface area contributed by atoms with Crippen LogP contribution in [0.4, 0.5) is 0 Å². The first-order valence-electron chi connectivity index (χ1n) is 4.29. The maximum absolute atomic E-state index is 9.76. The Balaban J connectivity index is 3.29. The molecule has 0 radical (unpaired) electrons. The number of ether oxygens (including phenoxy) is 1. The number of aryl methyl sites for hydroxylation is 1. The van der Waals surface area contributed by atoms with Crippen molar-refractivity contribution in [3.05, 3.63) is 22.8 Å². The largest absolute Gasteiger partial charge is 0.504 e. The second-order valence-electron chi connectivity index (χ2n) is 3.16. The lowest BCUT2D eigenvalue weighted by Crippen LogP contribution is -2.03. The summed E-state index contributed by atoms with van der Waals surface area (Å²) >= 11 is 0. The Hall–Kier alpha value is -1.26. The zero-order valence-corrected chi connectivity index (χ0v) is 8.63. The van der Waals surface area contributed by atoms with Gasteiger partial charge in [0.1, 0.15) is 0 Å². The monoisotopic (exact) mass is 197 g/mol. The van der Waals surface area contributed by atoms with E-state index in [1.165, 1.54) is 7.11 Å². The molecular weight excluding hydrogens is 182 g/mol. The lowest BCUT2D eigenvalue weighted by atomic mass is 10.0. The molecule has 0 aromatic heterocycles. The van der Waals surface area contributed by atoms with E-state index in [-0.39, 0.29) is 12.4 Å². The molecule has 14 heavy (non-hydrogen) atoms. The highest BCUT2D eigenvalue weighted by Crippen LogP contribution is 2.34. The van der Waals surface area contributed by atoms with Gasteiger partial charge >= 0.3 is 0 Å². The predicted octanol–water partition coefficient (Wildman–Crippen LogP) is 1.41.